The van der Waals surface area contributed by atoms with Crippen LogP contribution in [0.2, 0.25) is 0 Å². The highest BCUT2D eigenvalue weighted by atomic mass is 32.2. The summed E-state index contributed by atoms with van der Waals surface area (Å²) in [7, 11) is 0. The minimum atomic E-state index is -0.785. The second kappa shape index (κ2) is 11.0. The summed E-state index contributed by atoms with van der Waals surface area (Å²) in [6, 6.07) is 9.92. The molecular weight excluding hydrogens is 436 g/mol. The van der Waals surface area contributed by atoms with Gasteiger partial charge in [-0.25, -0.2) is 4.98 Å². The molecule has 2 heterocycles. The Bertz CT molecular complexity index is 842. The third kappa shape index (κ3) is 5.95. The Kier molecular flexibility index (Phi) is 8.33. The number of ether oxygens (including phenoxy) is 1. The molecule has 1 saturated carbocycles. The fourth-order valence-corrected chi connectivity index (χ4v) is 7.10. The zero-order valence-electron chi connectivity index (χ0n) is 20.0. The molecule has 0 bridgehead atoms. The summed E-state index contributed by atoms with van der Waals surface area (Å²) >= 11 is 1.11. The molecule has 1 aliphatic heterocycles. The molecule has 32 heavy (non-hydrogen) atoms. The molecule has 0 radical (unpaired) electrons. The summed E-state index contributed by atoms with van der Waals surface area (Å²) < 4.78 is 18.4. The molecule has 1 saturated heterocycles. The van der Waals surface area contributed by atoms with Crippen LogP contribution in [0, 0.1) is 20.8 Å². The topological polar surface area (TPSA) is 48.4 Å². The van der Waals surface area contributed by atoms with Crippen molar-refractivity contribution in [2.24, 2.45) is 0 Å². The van der Waals surface area contributed by atoms with E-state index in [4.69, 9.17) is 9.72 Å². The van der Waals surface area contributed by atoms with Gasteiger partial charge < -0.3 is 9.29 Å². The summed E-state index contributed by atoms with van der Waals surface area (Å²) in [5.41, 5.74) is 3.89. The number of aryl methyl sites for hydroxylation is 3. The highest BCUT2D eigenvalue weighted by Crippen LogP contribution is 2.38. The van der Waals surface area contributed by atoms with Gasteiger partial charge in [0.25, 0.3) is 0 Å². The molecule has 0 spiro atoms. The predicted molar refractivity (Wildman–Crippen MR) is 135 cm³/mol. The fraction of sp³-hybridized carbons (Fsp3) is 0.654. The maximum Gasteiger partial charge on any atom is 0.132 e. The first-order valence-corrected chi connectivity index (χ1v) is 14.4. The van der Waals surface area contributed by atoms with E-state index in [0.717, 1.165) is 19.6 Å². The van der Waals surface area contributed by atoms with Crippen molar-refractivity contribution in [2.45, 2.75) is 83.9 Å². The van der Waals surface area contributed by atoms with E-state index in [-0.39, 0.29) is 6.10 Å². The van der Waals surface area contributed by atoms with Gasteiger partial charge in [0.05, 0.1) is 17.3 Å². The predicted octanol–water partition coefficient (Wildman–Crippen LogP) is 5.18. The standard InChI is InChI=1S/C26H38N2O2S2/c1-5-32(29)17-25-15-28(24(16-30-25)14-21-8-6-18(2)7-9-21)23-12-10-22(11-13-23)26-27-19(3)20(4)31-26/h6-9,22-25H,5,10-17H2,1-4H3. The molecule has 1 aromatic heterocycles. The lowest BCUT2D eigenvalue weighted by Crippen LogP contribution is -2.56. The summed E-state index contributed by atoms with van der Waals surface area (Å²) in [5.74, 6) is 1.99. The minimum Gasteiger partial charge on any atom is -0.616 e. The van der Waals surface area contributed by atoms with Crippen molar-refractivity contribution in [3.8, 4) is 0 Å². The van der Waals surface area contributed by atoms with E-state index < -0.39 is 11.2 Å². The average Bonchev–Trinajstić information content (AvgIpc) is 3.14. The van der Waals surface area contributed by atoms with Crippen LogP contribution in [0.15, 0.2) is 24.3 Å². The molecule has 2 fully saturated rings. The van der Waals surface area contributed by atoms with Crippen molar-refractivity contribution in [2.75, 3.05) is 24.7 Å². The van der Waals surface area contributed by atoms with E-state index in [1.165, 1.54) is 52.4 Å². The van der Waals surface area contributed by atoms with E-state index >= 15 is 0 Å². The lowest BCUT2D eigenvalue weighted by Gasteiger charge is -2.46. The smallest absolute Gasteiger partial charge is 0.132 e. The zero-order valence-corrected chi connectivity index (χ0v) is 21.6. The number of aromatic nitrogens is 1. The maximum atomic E-state index is 12.2. The highest BCUT2D eigenvalue weighted by Gasteiger charge is 2.37. The third-order valence-corrected chi connectivity index (χ3v) is 9.88. The van der Waals surface area contributed by atoms with Gasteiger partial charge in [0.1, 0.15) is 17.6 Å². The molecule has 4 nitrogen and oxygen atoms in total. The van der Waals surface area contributed by atoms with Crippen LogP contribution in [-0.2, 0) is 22.3 Å². The Morgan fingerprint density at radius 2 is 1.84 bits per heavy atom. The van der Waals surface area contributed by atoms with Gasteiger partial charge in [-0.1, -0.05) is 41.0 Å². The van der Waals surface area contributed by atoms with Crippen LogP contribution in [0.4, 0.5) is 0 Å². The van der Waals surface area contributed by atoms with E-state index in [1.54, 1.807) is 0 Å². The molecule has 1 aliphatic carbocycles. The van der Waals surface area contributed by atoms with Gasteiger partial charge in [0.2, 0.25) is 0 Å². The second-order valence-electron chi connectivity index (χ2n) is 9.59. The Hall–Kier alpha value is -0.920. The lowest BCUT2D eigenvalue weighted by molar-refractivity contribution is -0.0755. The SMILES string of the molecule is CC[S+]([O-])CC1CN(C2CCC(c3nc(C)c(C)s3)CC2)C(Cc2ccc(C)cc2)CO1. The number of thiazole rings is 1. The van der Waals surface area contributed by atoms with Crippen molar-refractivity contribution in [1.82, 2.24) is 9.88 Å². The molecule has 3 unspecified atom stereocenters. The lowest BCUT2D eigenvalue weighted by atomic mass is 9.84. The van der Waals surface area contributed by atoms with Gasteiger partial charge in [-0.15, -0.1) is 11.3 Å². The summed E-state index contributed by atoms with van der Waals surface area (Å²) in [4.78, 5) is 8.93. The molecule has 0 N–H and O–H groups in total. The Labute approximate surface area is 201 Å². The number of benzene rings is 1. The highest BCUT2D eigenvalue weighted by molar-refractivity contribution is 7.91. The van der Waals surface area contributed by atoms with Crippen LogP contribution in [0.25, 0.3) is 0 Å². The van der Waals surface area contributed by atoms with Crippen LogP contribution in [0.5, 0.6) is 0 Å². The molecule has 176 valence electrons. The molecule has 2 aromatic rings. The van der Waals surface area contributed by atoms with Crippen molar-refractivity contribution >= 4 is 22.5 Å². The first-order valence-electron chi connectivity index (χ1n) is 12.1. The molecule has 2 aliphatic rings. The third-order valence-electron chi connectivity index (χ3n) is 7.25. The minimum absolute atomic E-state index is 0.0898. The van der Waals surface area contributed by atoms with Crippen molar-refractivity contribution in [3.63, 3.8) is 0 Å². The van der Waals surface area contributed by atoms with Crippen LogP contribution < -0.4 is 0 Å². The molecule has 6 heteroatoms. The molecule has 0 amide bonds. The number of nitrogens with zero attached hydrogens (tertiary/aromatic N) is 2. The zero-order chi connectivity index (χ0) is 22.7. The Morgan fingerprint density at radius 3 is 2.47 bits per heavy atom. The van der Waals surface area contributed by atoms with E-state index in [2.05, 4.69) is 49.9 Å². The van der Waals surface area contributed by atoms with Crippen molar-refractivity contribution in [1.29, 1.82) is 0 Å². The normalized spacial score (nSPS) is 28.0. The van der Waals surface area contributed by atoms with E-state index in [0.29, 0.717) is 29.5 Å². The van der Waals surface area contributed by atoms with Crippen LogP contribution in [0.1, 0.15) is 65.2 Å². The van der Waals surface area contributed by atoms with Crippen LogP contribution >= 0.6 is 11.3 Å². The first kappa shape index (κ1) is 24.2. The second-order valence-corrected chi connectivity index (χ2v) is 12.6. The van der Waals surface area contributed by atoms with E-state index in [9.17, 15) is 4.55 Å². The quantitative estimate of drug-likeness (QED) is 0.519. The molecular formula is C26H38N2O2S2. The number of morpholine rings is 1. The van der Waals surface area contributed by atoms with Crippen molar-refractivity contribution in [3.05, 3.63) is 51.0 Å². The van der Waals surface area contributed by atoms with Gasteiger partial charge >= 0.3 is 0 Å². The number of rotatable bonds is 7. The largest absolute Gasteiger partial charge is 0.616 e. The van der Waals surface area contributed by atoms with Gasteiger partial charge in [0.15, 0.2) is 0 Å². The molecule has 3 atom stereocenters. The van der Waals surface area contributed by atoms with E-state index in [1.807, 2.05) is 18.3 Å². The number of hydrogen-bond acceptors (Lipinski definition) is 5. The summed E-state index contributed by atoms with van der Waals surface area (Å²) in [5, 5.41) is 1.34. The Morgan fingerprint density at radius 1 is 1.12 bits per heavy atom. The van der Waals surface area contributed by atoms with Crippen LogP contribution in [-0.4, -0.2) is 57.3 Å². The summed E-state index contributed by atoms with van der Waals surface area (Å²) in [6.45, 7) is 10.1. The fourth-order valence-electron chi connectivity index (χ4n) is 5.15. The van der Waals surface area contributed by atoms with Gasteiger partial charge in [-0.05, 0) is 65.4 Å². The van der Waals surface area contributed by atoms with Crippen LogP contribution in [0.3, 0.4) is 0 Å². The molecule has 1 aromatic carbocycles. The average molecular weight is 475 g/mol. The van der Waals surface area contributed by atoms with Gasteiger partial charge in [-0.2, -0.15) is 0 Å². The van der Waals surface area contributed by atoms with Gasteiger partial charge in [-0.3, -0.25) is 4.90 Å². The summed E-state index contributed by atoms with van der Waals surface area (Å²) in [6.07, 6.45) is 5.99. The first-order chi connectivity index (χ1) is 15.4. The molecule has 4 rings (SSSR count). The Balaban J connectivity index is 1.43. The number of hydrogen-bond donors (Lipinski definition) is 0. The van der Waals surface area contributed by atoms with Gasteiger partial charge in [0, 0.05) is 29.4 Å². The monoisotopic (exact) mass is 474 g/mol. The maximum absolute atomic E-state index is 12.2. The van der Waals surface area contributed by atoms with Crippen molar-refractivity contribution < 1.29 is 9.29 Å².